The van der Waals surface area contributed by atoms with E-state index >= 15 is 0 Å². The molecular weight excluding hydrogens is 356 g/mol. The molecule has 0 saturated heterocycles. The Hall–Kier alpha value is -2.97. The van der Waals surface area contributed by atoms with E-state index in [-0.39, 0.29) is 0 Å². The lowest BCUT2D eigenvalue weighted by molar-refractivity contribution is -0.117. The summed E-state index contributed by atoms with van der Waals surface area (Å²) in [5.41, 5.74) is 1.80. The van der Waals surface area contributed by atoms with Gasteiger partial charge in [0.05, 0.1) is 10.9 Å². The van der Waals surface area contributed by atoms with Crippen molar-refractivity contribution in [3.63, 3.8) is 0 Å². The number of nitriles is 1. The standard InChI is InChI=1S/C22H18N2O2S/c23-13-17(21(25)20-12-15-7-2-4-11-19(15)27-20)22(26)24-18-10-5-8-14-6-1-3-9-16(14)18/h1,3,5-6,8-10,12,17H,2,4,7,11H2,(H,24,26). The molecule has 27 heavy (non-hydrogen) atoms. The molecule has 1 atom stereocenters. The number of amides is 1. The fourth-order valence-electron chi connectivity index (χ4n) is 3.53. The SMILES string of the molecule is N#CC(C(=O)Nc1cccc2ccccc12)C(=O)c1cc2c(s1)CCCC2. The van der Waals surface area contributed by atoms with Crippen molar-refractivity contribution in [2.45, 2.75) is 25.7 Å². The van der Waals surface area contributed by atoms with Crippen molar-refractivity contribution in [2.24, 2.45) is 5.92 Å². The second kappa shape index (κ2) is 7.34. The molecule has 0 spiro atoms. The molecule has 4 nitrogen and oxygen atoms in total. The van der Waals surface area contributed by atoms with Gasteiger partial charge in [-0.3, -0.25) is 9.59 Å². The lowest BCUT2D eigenvalue weighted by atomic mass is 9.97. The van der Waals surface area contributed by atoms with Gasteiger partial charge in [-0.25, -0.2) is 0 Å². The van der Waals surface area contributed by atoms with Gasteiger partial charge in [0, 0.05) is 16.0 Å². The highest BCUT2D eigenvalue weighted by Crippen LogP contribution is 2.31. The minimum atomic E-state index is -1.34. The quantitative estimate of drug-likeness (QED) is 0.530. The Morgan fingerprint density at radius 2 is 1.85 bits per heavy atom. The summed E-state index contributed by atoms with van der Waals surface area (Å²) in [6.07, 6.45) is 4.20. The zero-order valence-corrected chi connectivity index (χ0v) is 15.5. The van der Waals surface area contributed by atoms with E-state index in [0.29, 0.717) is 10.6 Å². The number of nitrogens with one attached hydrogen (secondary N) is 1. The minimum Gasteiger partial charge on any atom is -0.324 e. The summed E-state index contributed by atoms with van der Waals surface area (Å²) in [7, 11) is 0. The maximum absolute atomic E-state index is 12.8. The third-order valence-electron chi connectivity index (χ3n) is 4.94. The first kappa shape index (κ1) is 17.4. The van der Waals surface area contributed by atoms with Gasteiger partial charge in [-0.2, -0.15) is 5.26 Å². The average Bonchev–Trinajstić information content (AvgIpc) is 3.13. The van der Waals surface area contributed by atoms with E-state index in [1.807, 2.05) is 48.5 Å². The number of benzene rings is 2. The number of carbonyl (C=O) groups is 2. The molecule has 0 saturated carbocycles. The monoisotopic (exact) mass is 374 g/mol. The van der Waals surface area contributed by atoms with E-state index in [1.54, 1.807) is 6.07 Å². The van der Waals surface area contributed by atoms with Crippen molar-refractivity contribution >= 4 is 39.5 Å². The first-order valence-electron chi connectivity index (χ1n) is 9.01. The van der Waals surface area contributed by atoms with Gasteiger partial charge >= 0.3 is 0 Å². The van der Waals surface area contributed by atoms with Gasteiger partial charge in [-0.1, -0.05) is 36.4 Å². The number of nitrogens with zero attached hydrogens (tertiary/aromatic N) is 1. The molecule has 0 radical (unpaired) electrons. The molecule has 5 heteroatoms. The number of aryl methyl sites for hydroxylation is 2. The third kappa shape index (κ3) is 3.36. The molecule has 0 fully saturated rings. The third-order valence-corrected chi connectivity index (χ3v) is 6.19. The molecule has 2 aromatic carbocycles. The molecule has 1 unspecified atom stereocenters. The minimum absolute atomic E-state index is 0.408. The Labute approximate surface area is 161 Å². The van der Waals surface area contributed by atoms with Crippen LogP contribution in [-0.4, -0.2) is 11.7 Å². The van der Waals surface area contributed by atoms with Gasteiger partial charge in [-0.05, 0) is 48.8 Å². The molecule has 1 aromatic heterocycles. The van der Waals surface area contributed by atoms with Crippen molar-refractivity contribution in [1.82, 2.24) is 0 Å². The number of rotatable bonds is 4. The van der Waals surface area contributed by atoms with Gasteiger partial charge in [-0.15, -0.1) is 11.3 Å². The van der Waals surface area contributed by atoms with Crippen molar-refractivity contribution in [3.8, 4) is 6.07 Å². The van der Waals surface area contributed by atoms with Gasteiger partial charge < -0.3 is 5.32 Å². The number of anilines is 1. The van der Waals surface area contributed by atoms with E-state index in [1.165, 1.54) is 21.8 Å². The largest absolute Gasteiger partial charge is 0.324 e. The van der Waals surface area contributed by atoms with Crippen LogP contribution in [0.5, 0.6) is 0 Å². The average molecular weight is 374 g/mol. The van der Waals surface area contributed by atoms with Crippen LogP contribution in [0.2, 0.25) is 0 Å². The number of carbonyl (C=O) groups excluding carboxylic acids is 2. The van der Waals surface area contributed by atoms with Crippen LogP contribution < -0.4 is 5.32 Å². The Kier molecular flexibility index (Phi) is 4.74. The Morgan fingerprint density at radius 1 is 1.07 bits per heavy atom. The van der Waals surface area contributed by atoms with Crippen LogP contribution in [0.1, 0.15) is 33.0 Å². The van der Waals surface area contributed by atoms with Crippen LogP contribution in [0.4, 0.5) is 5.69 Å². The topological polar surface area (TPSA) is 70.0 Å². The number of Topliss-reactive ketones (excluding diaryl/α,β-unsaturated/α-hetero) is 1. The summed E-state index contributed by atoms with van der Waals surface area (Å²) in [6.45, 7) is 0. The van der Waals surface area contributed by atoms with E-state index in [0.717, 1.165) is 36.5 Å². The number of hydrogen-bond acceptors (Lipinski definition) is 4. The Bertz CT molecular complexity index is 1050. The molecule has 1 heterocycles. The van der Waals surface area contributed by atoms with Gasteiger partial charge in [0.25, 0.3) is 0 Å². The zero-order chi connectivity index (χ0) is 18.8. The molecule has 4 rings (SSSR count). The molecule has 3 aromatic rings. The second-order valence-electron chi connectivity index (χ2n) is 6.71. The molecule has 1 aliphatic carbocycles. The van der Waals surface area contributed by atoms with Crippen molar-refractivity contribution in [2.75, 3.05) is 5.32 Å². The van der Waals surface area contributed by atoms with Crippen LogP contribution in [-0.2, 0) is 17.6 Å². The van der Waals surface area contributed by atoms with E-state index in [4.69, 9.17) is 0 Å². The highest BCUT2D eigenvalue weighted by atomic mass is 32.1. The van der Waals surface area contributed by atoms with E-state index in [9.17, 15) is 14.9 Å². The lowest BCUT2D eigenvalue weighted by Crippen LogP contribution is -2.28. The number of fused-ring (bicyclic) bond motifs is 2. The molecule has 1 amide bonds. The normalized spacial score (nSPS) is 14.2. The summed E-state index contributed by atoms with van der Waals surface area (Å²) in [4.78, 5) is 27.2. The van der Waals surface area contributed by atoms with Crippen molar-refractivity contribution in [3.05, 3.63) is 63.8 Å². The van der Waals surface area contributed by atoms with E-state index in [2.05, 4.69) is 5.32 Å². The van der Waals surface area contributed by atoms with Crippen molar-refractivity contribution in [1.29, 1.82) is 5.26 Å². The van der Waals surface area contributed by atoms with E-state index < -0.39 is 17.6 Å². The fourth-order valence-corrected chi connectivity index (χ4v) is 4.75. The number of ketones is 1. The zero-order valence-electron chi connectivity index (χ0n) is 14.7. The maximum Gasteiger partial charge on any atom is 0.249 e. The smallest absolute Gasteiger partial charge is 0.249 e. The highest BCUT2D eigenvalue weighted by molar-refractivity contribution is 7.14. The maximum atomic E-state index is 12.8. The summed E-state index contributed by atoms with van der Waals surface area (Å²) in [5.74, 6) is -2.33. The summed E-state index contributed by atoms with van der Waals surface area (Å²) in [6, 6.07) is 17.0. The predicted octanol–water partition coefficient (Wildman–Crippen LogP) is 4.74. The molecule has 134 valence electrons. The van der Waals surface area contributed by atoms with Crippen LogP contribution >= 0.6 is 11.3 Å². The molecule has 0 aliphatic heterocycles. The van der Waals surface area contributed by atoms with Gasteiger partial charge in [0.1, 0.15) is 0 Å². The van der Waals surface area contributed by atoms with Crippen LogP contribution in [0.15, 0.2) is 48.5 Å². The molecule has 1 aliphatic rings. The highest BCUT2D eigenvalue weighted by Gasteiger charge is 2.30. The molecule has 0 bridgehead atoms. The summed E-state index contributed by atoms with van der Waals surface area (Å²) < 4.78 is 0. The van der Waals surface area contributed by atoms with Gasteiger partial charge in [0.15, 0.2) is 11.7 Å². The summed E-state index contributed by atoms with van der Waals surface area (Å²) >= 11 is 1.43. The molecule has 1 N–H and O–H groups in total. The first-order valence-corrected chi connectivity index (χ1v) is 9.83. The molecular formula is C22H18N2O2S. The Morgan fingerprint density at radius 3 is 2.67 bits per heavy atom. The predicted molar refractivity (Wildman–Crippen MR) is 107 cm³/mol. The first-order chi connectivity index (χ1) is 13.2. The second-order valence-corrected chi connectivity index (χ2v) is 7.85. The number of hydrogen-bond donors (Lipinski definition) is 1. The van der Waals surface area contributed by atoms with Gasteiger partial charge in [0.2, 0.25) is 5.91 Å². The van der Waals surface area contributed by atoms with Crippen LogP contribution in [0, 0.1) is 17.2 Å². The van der Waals surface area contributed by atoms with Crippen LogP contribution in [0.3, 0.4) is 0 Å². The Balaban J connectivity index is 1.58. The van der Waals surface area contributed by atoms with Crippen LogP contribution in [0.25, 0.3) is 10.8 Å². The number of thiophene rings is 1. The summed E-state index contributed by atoms with van der Waals surface area (Å²) in [5, 5.41) is 14.1. The fraction of sp³-hybridized carbons (Fsp3) is 0.227. The lowest BCUT2D eigenvalue weighted by Gasteiger charge is -2.11. The van der Waals surface area contributed by atoms with Crippen molar-refractivity contribution < 1.29 is 9.59 Å².